The molecule has 0 spiro atoms. The number of nitrogen functional groups attached to an aromatic ring is 1. The van der Waals surface area contributed by atoms with Gasteiger partial charge in [0.05, 0.1) is 5.52 Å². The van der Waals surface area contributed by atoms with Crippen LogP contribution in [0.1, 0.15) is 46.8 Å². The lowest BCUT2D eigenvalue weighted by atomic mass is 9.94. The molecule has 0 amide bonds. The third kappa shape index (κ3) is 2.88. The van der Waals surface area contributed by atoms with Crippen LogP contribution in [0.5, 0.6) is 0 Å². The Morgan fingerprint density at radius 2 is 1.85 bits per heavy atom. The number of carbonyl (C=O) groups excluding carboxylic acids is 1. The van der Waals surface area contributed by atoms with Crippen LogP contribution in [0, 0.1) is 5.82 Å². The van der Waals surface area contributed by atoms with Crippen LogP contribution in [-0.2, 0) is 0 Å². The molecule has 1 atom stereocenters. The number of piperidine rings is 1. The van der Waals surface area contributed by atoms with Crippen LogP contribution in [0.2, 0.25) is 0 Å². The van der Waals surface area contributed by atoms with E-state index in [4.69, 9.17) is 5.84 Å². The van der Waals surface area contributed by atoms with Crippen molar-refractivity contribution in [3.05, 3.63) is 71.2 Å². The van der Waals surface area contributed by atoms with E-state index in [1.54, 1.807) is 10.7 Å². The van der Waals surface area contributed by atoms with E-state index in [1.165, 1.54) is 42.7 Å². The van der Waals surface area contributed by atoms with Gasteiger partial charge in [0.15, 0.2) is 5.78 Å². The molecule has 0 saturated carbocycles. The van der Waals surface area contributed by atoms with Gasteiger partial charge in [0.1, 0.15) is 5.82 Å². The molecule has 1 fully saturated rings. The van der Waals surface area contributed by atoms with Crippen LogP contribution in [0.15, 0.2) is 48.7 Å². The number of halogens is 1. The van der Waals surface area contributed by atoms with Crippen LogP contribution >= 0.6 is 0 Å². The fraction of sp³-hybridized carbons (Fsp3) is 0.286. The summed E-state index contributed by atoms with van der Waals surface area (Å²) in [6, 6.07) is 11.6. The summed E-state index contributed by atoms with van der Waals surface area (Å²) in [4.78, 5) is 15.1. The molecular weight excluding hydrogens is 329 g/mol. The Morgan fingerprint density at radius 3 is 2.58 bits per heavy atom. The summed E-state index contributed by atoms with van der Waals surface area (Å²) in [6.45, 7) is 1.07. The first-order valence-corrected chi connectivity index (χ1v) is 8.95. The van der Waals surface area contributed by atoms with Crippen molar-refractivity contribution in [1.82, 2.24) is 9.58 Å². The highest BCUT2D eigenvalue weighted by atomic mass is 19.1. The lowest BCUT2D eigenvalue weighted by molar-refractivity contribution is 0.103. The molecule has 2 heterocycles. The Kier molecular flexibility index (Phi) is 4.24. The first-order chi connectivity index (χ1) is 12.5. The van der Waals surface area contributed by atoms with Crippen LogP contribution in [-0.4, -0.2) is 29.0 Å². The predicted octanol–water partition coefficient (Wildman–Crippen LogP) is 3.88. The summed E-state index contributed by atoms with van der Waals surface area (Å²) >= 11 is 0. The topological polar surface area (TPSA) is 51.3 Å². The van der Waals surface area contributed by atoms with E-state index in [1.807, 2.05) is 18.3 Å². The molecule has 1 aliphatic rings. The molecule has 5 heteroatoms. The van der Waals surface area contributed by atoms with Crippen molar-refractivity contribution >= 4 is 16.7 Å². The van der Waals surface area contributed by atoms with Crippen molar-refractivity contribution in [3.63, 3.8) is 0 Å². The van der Waals surface area contributed by atoms with E-state index in [-0.39, 0.29) is 11.6 Å². The van der Waals surface area contributed by atoms with Gasteiger partial charge in [-0.3, -0.25) is 14.4 Å². The molecule has 1 aromatic heterocycles. The fourth-order valence-corrected chi connectivity index (χ4v) is 3.92. The number of benzene rings is 2. The van der Waals surface area contributed by atoms with Crippen molar-refractivity contribution in [2.75, 3.05) is 19.4 Å². The Labute approximate surface area is 152 Å². The van der Waals surface area contributed by atoms with E-state index in [9.17, 15) is 9.18 Å². The second kappa shape index (κ2) is 6.57. The molecule has 0 bridgehead atoms. The molecule has 2 N–H and O–H groups in total. The molecule has 134 valence electrons. The molecule has 4 rings (SSSR count). The molecule has 1 aliphatic heterocycles. The zero-order valence-electron chi connectivity index (χ0n) is 14.8. The standard InChI is InChI=1S/C21H22FN3O/c1-24-11-3-2-4-19(24)18-13-25(23)20-10-7-15(12-17(18)20)21(26)14-5-8-16(22)9-6-14/h5-10,12-13,19H,2-4,11,23H2,1H3. The number of nitrogens with zero attached hydrogens (tertiary/aromatic N) is 2. The molecule has 2 aromatic carbocycles. The number of fused-ring (bicyclic) bond motifs is 1. The van der Waals surface area contributed by atoms with Gasteiger partial charge in [0, 0.05) is 28.8 Å². The van der Waals surface area contributed by atoms with Gasteiger partial charge < -0.3 is 5.84 Å². The molecular formula is C21H22FN3O. The first kappa shape index (κ1) is 16.8. The van der Waals surface area contributed by atoms with Gasteiger partial charge in [-0.15, -0.1) is 0 Å². The number of nitrogens with two attached hydrogens (primary N) is 1. The Morgan fingerprint density at radius 1 is 1.12 bits per heavy atom. The van der Waals surface area contributed by atoms with E-state index in [2.05, 4.69) is 11.9 Å². The summed E-state index contributed by atoms with van der Waals surface area (Å²) in [7, 11) is 2.14. The average molecular weight is 351 g/mol. The summed E-state index contributed by atoms with van der Waals surface area (Å²) in [5, 5.41) is 1.01. The maximum absolute atomic E-state index is 13.1. The second-order valence-corrected chi connectivity index (χ2v) is 7.05. The minimum Gasteiger partial charge on any atom is -0.339 e. The minimum absolute atomic E-state index is 0.111. The van der Waals surface area contributed by atoms with Gasteiger partial charge in [-0.25, -0.2) is 4.39 Å². The summed E-state index contributed by atoms with van der Waals surface area (Å²) in [5.41, 5.74) is 3.15. The fourth-order valence-electron chi connectivity index (χ4n) is 3.92. The SMILES string of the molecule is CN1CCCCC1c1cn(N)c2ccc(C(=O)c3ccc(F)cc3)cc12. The zero-order valence-corrected chi connectivity index (χ0v) is 14.8. The molecule has 3 aromatic rings. The zero-order chi connectivity index (χ0) is 18.3. The quantitative estimate of drug-likeness (QED) is 0.575. The van der Waals surface area contributed by atoms with Crippen molar-refractivity contribution in [2.45, 2.75) is 25.3 Å². The summed E-state index contributed by atoms with van der Waals surface area (Å²) < 4.78 is 14.8. The first-order valence-electron chi connectivity index (χ1n) is 8.95. The van der Waals surface area contributed by atoms with Gasteiger partial charge in [-0.2, -0.15) is 0 Å². The minimum atomic E-state index is -0.347. The Balaban J connectivity index is 1.77. The summed E-state index contributed by atoms with van der Waals surface area (Å²) in [5.74, 6) is 5.70. The highest BCUT2D eigenvalue weighted by Gasteiger charge is 2.24. The van der Waals surface area contributed by atoms with Crippen molar-refractivity contribution in [1.29, 1.82) is 0 Å². The number of likely N-dealkylation sites (tertiary alicyclic amines) is 1. The maximum atomic E-state index is 13.1. The average Bonchev–Trinajstić information content (AvgIpc) is 2.98. The largest absolute Gasteiger partial charge is 0.339 e. The monoisotopic (exact) mass is 351 g/mol. The predicted molar refractivity (Wildman–Crippen MR) is 101 cm³/mol. The van der Waals surface area contributed by atoms with Crippen LogP contribution in [0.25, 0.3) is 10.9 Å². The normalized spacial score (nSPS) is 18.3. The highest BCUT2D eigenvalue weighted by molar-refractivity contribution is 6.10. The smallest absolute Gasteiger partial charge is 0.193 e. The molecule has 1 saturated heterocycles. The van der Waals surface area contributed by atoms with Crippen LogP contribution in [0.3, 0.4) is 0 Å². The van der Waals surface area contributed by atoms with Gasteiger partial charge in [-0.1, -0.05) is 6.42 Å². The van der Waals surface area contributed by atoms with Crippen molar-refractivity contribution in [3.8, 4) is 0 Å². The third-order valence-electron chi connectivity index (χ3n) is 5.36. The second-order valence-electron chi connectivity index (χ2n) is 7.05. The number of hydrogen-bond acceptors (Lipinski definition) is 3. The Bertz CT molecular complexity index is 961. The highest BCUT2D eigenvalue weighted by Crippen LogP contribution is 2.35. The number of rotatable bonds is 3. The molecule has 4 nitrogen and oxygen atoms in total. The van der Waals surface area contributed by atoms with E-state index in [0.29, 0.717) is 17.2 Å². The van der Waals surface area contributed by atoms with Crippen LogP contribution < -0.4 is 5.84 Å². The lowest BCUT2D eigenvalue weighted by Crippen LogP contribution is -2.29. The number of carbonyl (C=O) groups is 1. The van der Waals surface area contributed by atoms with Gasteiger partial charge in [0.25, 0.3) is 0 Å². The van der Waals surface area contributed by atoms with Crippen LogP contribution in [0.4, 0.5) is 4.39 Å². The third-order valence-corrected chi connectivity index (χ3v) is 5.36. The van der Waals surface area contributed by atoms with E-state index in [0.717, 1.165) is 23.9 Å². The number of aromatic nitrogens is 1. The van der Waals surface area contributed by atoms with E-state index < -0.39 is 0 Å². The van der Waals surface area contributed by atoms with Gasteiger partial charge >= 0.3 is 0 Å². The Hall–Kier alpha value is -2.66. The lowest BCUT2D eigenvalue weighted by Gasteiger charge is -2.32. The number of ketones is 1. The molecule has 0 radical (unpaired) electrons. The van der Waals surface area contributed by atoms with Gasteiger partial charge in [-0.05, 0) is 74.5 Å². The molecule has 26 heavy (non-hydrogen) atoms. The van der Waals surface area contributed by atoms with E-state index >= 15 is 0 Å². The van der Waals surface area contributed by atoms with Crippen molar-refractivity contribution in [2.24, 2.45) is 0 Å². The maximum Gasteiger partial charge on any atom is 0.193 e. The van der Waals surface area contributed by atoms with Gasteiger partial charge in [0.2, 0.25) is 0 Å². The molecule has 1 unspecified atom stereocenters. The number of hydrogen-bond donors (Lipinski definition) is 1. The molecule has 0 aliphatic carbocycles. The summed E-state index contributed by atoms with van der Waals surface area (Å²) in [6.07, 6.45) is 5.47. The van der Waals surface area contributed by atoms with Crippen molar-refractivity contribution < 1.29 is 9.18 Å².